The number of halogens is 3. The van der Waals surface area contributed by atoms with Gasteiger partial charge < -0.3 is 9.88 Å². The number of nitrogens with zero attached hydrogens (tertiary/aromatic N) is 1. The Hall–Kier alpha value is -1.49. The van der Waals surface area contributed by atoms with Crippen molar-refractivity contribution in [3.8, 4) is 0 Å². The van der Waals surface area contributed by atoms with Crippen molar-refractivity contribution < 1.29 is 13.2 Å². The molecule has 0 amide bonds. The van der Waals surface area contributed by atoms with E-state index in [0.29, 0.717) is 5.92 Å². The molecule has 2 rings (SSSR count). The highest BCUT2D eigenvalue weighted by Gasteiger charge is 2.26. The van der Waals surface area contributed by atoms with Gasteiger partial charge in [0.25, 0.3) is 0 Å². The van der Waals surface area contributed by atoms with Gasteiger partial charge in [0.15, 0.2) is 0 Å². The Morgan fingerprint density at radius 1 is 1.19 bits per heavy atom. The minimum Gasteiger partial charge on any atom is -0.347 e. The lowest BCUT2D eigenvalue weighted by atomic mass is 10.1. The van der Waals surface area contributed by atoms with Crippen LogP contribution < -0.4 is 5.32 Å². The van der Waals surface area contributed by atoms with Crippen molar-refractivity contribution in [2.45, 2.75) is 39.5 Å². The molecule has 0 atom stereocenters. The Morgan fingerprint density at radius 2 is 1.95 bits per heavy atom. The second kappa shape index (κ2) is 6.52. The van der Waals surface area contributed by atoms with Gasteiger partial charge in [0.05, 0.1) is 6.42 Å². The molecule has 1 heterocycles. The molecule has 0 unspecified atom stereocenters. The summed E-state index contributed by atoms with van der Waals surface area (Å²) in [6, 6.07) is 7.81. The predicted molar refractivity (Wildman–Crippen MR) is 79.2 cm³/mol. The molecular weight excluding hydrogens is 277 g/mol. The Balaban J connectivity index is 2.09. The molecule has 2 nitrogen and oxygen atoms in total. The van der Waals surface area contributed by atoms with Crippen molar-refractivity contribution in [2.75, 3.05) is 6.54 Å². The largest absolute Gasteiger partial charge is 0.390 e. The van der Waals surface area contributed by atoms with E-state index < -0.39 is 12.6 Å². The van der Waals surface area contributed by atoms with E-state index in [9.17, 15) is 13.2 Å². The summed E-state index contributed by atoms with van der Waals surface area (Å²) in [5.74, 6) is 0.573. The zero-order chi connectivity index (χ0) is 15.5. The number of alkyl halides is 3. The smallest absolute Gasteiger partial charge is 0.347 e. The van der Waals surface area contributed by atoms with Gasteiger partial charge in [0.2, 0.25) is 0 Å². The van der Waals surface area contributed by atoms with E-state index in [1.54, 1.807) is 10.8 Å². The maximum atomic E-state index is 12.3. The van der Waals surface area contributed by atoms with Crippen LogP contribution in [0.5, 0.6) is 0 Å². The van der Waals surface area contributed by atoms with Gasteiger partial charge in [-0.2, -0.15) is 13.2 Å². The molecular formula is C16H21F3N2. The van der Waals surface area contributed by atoms with Crippen molar-refractivity contribution in [1.82, 2.24) is 9.88 Å². The van der Waals surface area contributed by atoms with Gasteiger partial charge in [-0.15, -0.1) is 0 Å². The highest BCUT2D eigenvalue weighted by atomic mass is 19.4. The maximum Gasteiger partial charge on any atom is 0.390 e. The number of aryl methyl sites for hydroxylation is 1. The third-order valence-electron chi connectivity index (χ3n) is 3.36. The van der Waals surface area contributed by atoms with Crippen LogP contribution in [0.15, 0.2) is 30.5 Å². The molecule has 1 N–H and O–H groups in total. The van der Waals surface area contributed by atoms with Crippen LogP contribution in [-0.2, 0) is 13.1 Å². The highest BCUT2D eigenvalue weighted by molar-refractivity contribution is 5.80. The maximum absolute atomic E-state index is 12.3. The molecule has 0 spiro atoms. The molecule has 5 heteroatoms. The van der Waals surface area contributed by atoms with Gasteiger partial charge in [-0.1, -0.05) is 26.0 Å². The fourth-order valence-electron chi connectivity index (χ4n) is 2.29. The van der Waals surface area contributed by atoms with Crippen LogP contribution in [0.1, 0.15) is 25.8 Å². The standard InChI is InChI=1S/C16H21F3N2/c1-12(2)10-20-11-13-3-4-14-5-7-21(15(14)9-13)8-6-16(17,18)19/h3-5,7,9,12,20H,6,8,10-11H2,1-2H3. The van der Waals surface area contributed by atoms with Gasteiger partial charge in [0, 0.05) is 24.8 Å². The van der Waals surface area contributed by atoms with Crippen LogP contribution in [0.25, 0.3) is 10.9 Å². The van der Waals surface area contributed by atoms with Crippen molar-refractivity contribution in [2.24, 2.45) is 5.92 Å². The summed E-state index contributed by atoms with van der Waals surface area (Å²) in [4.78, 5) is 0. The average molecular weight is 298 g/mol. The molecule has 2 aromatic rings. The number of rotatable bonds is 6. The van der Waals surface area contributed by atoms with Gasteiger partial charge >= 0.3 is 6.18 Å². The molecule has 0 saturated heterocycles. The quantitative estimate of drug-likeness (QED) is 0.839. The van der Waals surface area contributed by atoms with Crippen molar-refractivity contribution >= 4 is 10.9 Å². The third kappa shape index (κ3) is 4.77. The minimum absolute atomic E-state index is 0.0319. The van der Waals surface area contributed by atoms with E-state index >= 15 is 0 Å². The molecule has 0 aliphatic rings. The SMILES string of the molecule is CC(C)CNCc1ccc2ccn(CCC(F)(F)F)c2c1. The summed E-state index contributed by atoms with van der Waals surface area (Å²) in [6.45, 7) is 5.90. The lowest BCUT2D eigenvalue weighted by Gasteiger charge is -2.10. The van der Waals surface area contributed by atoms with Crippen LogP contribution in [0.3, 0.4) is 0 Å². The Morgan fingerprint density at radius 3 is 2.62 bits per heavy atom. The summed E-state index contributed by atoms with van der Waals surface area (Å²) in [5, 5.41) is 4.32. The van der Waals surface area contributed by atoms with E-state index in [0.717, 1.165) is 29.6 Å². The van der Waals surface area contributed by atoms with Gasteiger partial charge in [-0.05, 0) is 35.5 Å². The molecule has 21 heavy (non-hydrogen) atoms. The lowest BCUT2D eigenvalue weighted by Crippen LogP contribution is -2.18. The molecule has 0 aliphatic carbocycles. The molecule has 0 radical (unpaired) electrons. The molecule has 116 valence electrons. The summed E-state index contributed by atoms with van der Waals surface area (Å²) < 4.78 is 38.7. The first-order valence-corrected chi connectivity index (χ1v) is 7.20. The van der Waals surface area contributed by atoms with Crippen LogP contribution >= 0.6 is 0 Å². The molecule has 0 saturated carbocycles. The summed E-state index contributed by atoms with van der Waals surface area (Å²) in [5.41, 5.74) is 1.96. The number of fused-ring (bicyclic) bond motifs is 1. The van der Waals surface area contributed by atoms with Crippen LogP contribution in [0.2, 0.25) is 0 Å². The van der Waals surface area contributed by atoms with Crippen LogP contribution in [-0.4, -0.2) is 17.3 Å². The van der Waals surface area contributed by atoms with E-state index in [2.05, 4.69) is 19.2 Å². The first kappa shape index (κ1) is 15.9. The number of aromatic nitrogens is 1. The molecule has 0 bridgehead atoms. The normalized spacial score (nSPS) is 12.5. The lowest BCUT2D eigenvalue weighted by molar-refractivity contribution is -0.136. The van der Waals surface area contributed by atoms with E-state index in [4.69, 9.17) is 0 Å². The topological polar surface area (TPSA) is 17.0 Å². The molecule has 1 aromatic carbocycles. The second-order valence-corrected chi connectivity index (χ2v) is 5.79. The Bertz CT molecular complexity index is 585. The van der Waals surface area contributed by atoms with Crippen LogP contribution in [0.4, 0.5) is 13.2 Å². The summed E-state index contributed by atoms with van der Waals surface area (Å²) in [7, 11) is 0. The fourth-order valence-corrected chi connectivity index (χ4v) is 2.29. The fraction of sp³-hybridized carbons (Fsp3) is 0.500. The Labute approximate surface area is 122 Å². The number of hydrogen-bond acceptors (Lipinski definition) is 1. The molecule has 1 aromatic heterocycles. The van der Waals surface area contributed by atoms with Gasteiger partial charge in [0.1, 0.15) is 0 Å². The summed E-state index contributed by atoms with van der Waals surface area (Å²) in [6.07, 6.45) is -3.19. The monoisotopic (exact) mass is 298 g/mol. The number of nitrogens with one attached hydrogen (secondary N) is 1. The number of benzene rings is 1. The van der Waals surface area contributed by atoms with E-state index in [1.165, 1.54) is 0 Å². The molecule has 0 fully saturated rings. The zero-order valence-corrected chi connectivity index (χ0v) is 12.4. The van der Waals surface area contributed by atoms with Gasteiger partial charge in [-0.25, -0.2) is 0 Å². The zero-order valence-electron chi connectivity index (χ0n) is 12.4. The van der Waals surface area contributed by atoms with Crippen LogP contribution in [0, 0.1) is 5.92 Å². The first-order valence-electron chi connectivity index (χ1n) is 7.20. The Kier molecular flexibility index (Phi) is 4.93. The first-order chi connectivity index (χ1) is 9.85. The molecule has 0 aliphatic heterocycles. The van der Waals surface area contributed by atoms with Crippen molar-refractivity contribution in [3.05, 3.63) is 36.0 Å². The summed E-state index contributed by atoms with van der Waals surface area (Å²) >= 11 is 0. The predicted octanol–water partition coefficient (Wildman–Crippen LogP) is 4.34. The van der Waals surface area contributed by atoms with Gasteiger partial charge in [-0.3, -0.25) is 0 Å². The average Bonchev–Trinajstić information content (AvgIpc) is 2.77. The third-order valence-corrected chi connectivity index (χ3v) is 3.36. The van der Waals surface area contributed by atoms with Crippen molar-refractivity contribution in [1.29, 1.82) is 0 Å². The van der Waals surface area contributed by atoms with E-state index in [-0.39, 0.29) is 6.54 Å². The van der Waals surface area contributed by atoms with E-state index in [1.807, 2.05) is 24.3 Å². The minimum atomic E-state index is -4.12. The van der Waals surface area contributed by atoms with Crippen molar-refractivity contribution in [3.63, 3.8) is 0 Å². The number of hydrogen-bond donors (Lipinski definition) is 1. The second-order valence-electron chi connectivity index (χ2n) is 5.79. The highest BCUT2D eigenvalue weighted by Crippen LogP contribution is 2.23.